The van der Waals surface area contributed by atoms with Crippen molar-refractivity contribution in [3.05, 3.63) is 71.3 Å². The van der Waals surface area contributed by atoms with Gasteiger partial charge in [0.25, 0.3) is 0 Å². The summed E-state index contributed by atoms with van der Waals surface area (Å²) < 4.78 is 19.5. The number of piperidine rings is 1. The molecule has 2 aromatic heterocycles. The molecule has 2 unspecified atom stereocenters. The highest BCUT2D eigenvalue weighted by atomic mass is 19.1. The van der Waals surface area contributed by atoms with Crippen LogP contribution in [0.1, 0.15) is 43.5 Å². The maximum absolute atomic E-state index is 13.8. The molecule has 0 amide bonds. The number of hydrogen-bond acceptors (Lipinski definition) is 6. The minimum Gasteiger partial charge on any atom is -0.477 e. The third-order valence-corrected chi connectivity index (χ3v) is 7.77. The molecule has 0 radical (unpaired) electrons. The summed E-state index contributed by atoms with van der Waals surface area (Å²) in [5.74, 6) is 0.606. The van der Waals surface area contributed by atoms with E-state index in [-0.39, 0.29) is 11.2 Å². The van der Waals surface area contributed by atoms with Crippen molar-refractivity contribution in [3.8, 4) is 23.2 Å². The molecule has 5 rings (SSSR count). The van der Waals surface area contributed by atoms with Crippen molar-refractivity contribution >= 4 is 5.69 Å². The molecule has 2 aliphatic rings. The zero-order valence-electron chi connectivity index (χ0n) is 21.2. The molecule has 1 fully saturated rings. The average Bonchev–Trinajstić information content (AvgIpc) is 2.89. The van der Waals surface area contributed by atoms with Gasteiger partial charge in [0, 0.05) is 37.8 Å². The lowest BCUT2D eigenvalue weighted by atomic mass is 9.62. The summed E-state index contributed by atoms with van der Waals surface area (Å²) in [5, 5.41) is 9.61. The summed E-state index contributed by atoms with van der Waals surface area (Å²) in [4.78, 5) is 14.2. The minimum atomic E-state index is -0.373. The van der Waals surface area contributed by atoms with Gasteiger partial charge < -0.3 is 9.64 Å². The molecule has 2 aliphatic heterocycles. The molecule has 186 valence electrons. The van der Waals surface area contributed by atoms with E-state index in [4.69, 9.17) is 9.72 Å². The Labute approximate surface area is 212 Å². The molecule has 36 heavy (non-hydrogen) atoms. The highest BCUT2D eigenvalue weighted by Crippen LogP contribution is 2.47. The number of ether oxygens (including phenoxy) is 1. The van der Waals surface area contributed by atoms with E-state index in [1.54, 1.807) is 12.3 Å². The number of likely N-dealkylation sites (N-methyl/N-ethyl adjacent to an activating group) is 1. The second kappa shape index (κ2) is 9.87. The molecule has 7 heteroatoms. The lowest BCUT2D eigenvalue weighted by molar-refractivity contribution is 0.121. The number of hydrogen-bond donors (Lipinski definition) is 0. The molecule has 0 N–H and O–H groups in total. The first-order chi connectivity index (χ1) is 17.5. The first-order valence-electron chi connectivity index (χ1n) is 12.7. The van der Waals surface area contributed by atoms with Gasteiger partial charge in [-0.15, -0.1) is 0 Å². The largest absolute Gasteiger partial charge is 0.477 e. The van der Waals surface area contributed by atoms with E-state index in [0.717, 1.165) is 61.7 Å². The normalized spacial score (nSPS) is 21.8. The van der Waals surface area contributed by atoms with Crippen molar-refractivity contribution in [1.29, 1.82) is 5.26 Å². The van der Waals surface area contributed by atoms with Crippen molar-refractivity contribution in [3.63, 3.8) is 0 Å². The van der Waals surface area contributed by atoms with Gasteiger partial charge >= 0.3 is 0 Å². The molecule has 2 atom stereocenters. The average molecular weight is 486 g/mol. The van der Waals surface area contributed by atoms with E-state index >= 15 is 0 Å². The predicted molar refractivity (Wildman–Crippen MR) is 138 cm³/mol. The van der Waals surface area contributed by atoms with Gasteiger partial charge in [-0.05, 0) is 68.3 Å². The van der Waals surface area contributed by atoms with E-state index in [2.05, 4.69) is 47.0 Å². The summed E-state index contributed by atoms with van der Waals surface area (Å²) >= 11 is 0. The molecule has 1 spiro atoms. The standard InChI is InChI=1S/C29H32FN5O/c1-4-21-17-35(27-11-8-22(30)15-20(27)16-31)14-12-29(21)19-34(3)18-26-24(29)9-10-25(33-26)23-7-6-13-32-28(23)36-5-2/h6-11,13,15,21H,4-5,12,14,17-19H2,1-3H3. The fourth-order valence-corrected chi connectivity index (χ4v) is 6.19. The van der Waals surface area contributed by atoms with Gasteiger partial charge in [-0.1, -0.05) is 19.4 Å². The highest BCUT2D eigenvalue weighted by molar-refractivity contribution is 5.66. The van der Waals surface area contributed by atoms with Crippen LogP contribution in [0.3, 0.4) is 0 Å². The predicted octanol–water partition coefficient (Wildman–Crippen LogP) is 5.17. The van der Waals surface area contributed by atoms with Crippen molar-refractivity contribution in [2.24, 2.45) is 5.92 Å². The number of rotatable bonds is 5. The molecular weight excluding hydrogens is 453 g/mol. The Hall–Kier alpha value is -3.50. The van der Waals surface area contributed by atoms with Crippen LogP contribution in [0.5, 0.6) is 5.88 Å². The number of aromatic nitrogens is 2. The maximum Gasteiger partial charge on any atom is 0.222 e. The zero-order valence-corrected chi connectivity index (χ0v) is 21.2. The summed E-state index contributed by atoms with van der Waals surface area (Å²) in [5.41, 5.74) is 5.43. The Balaban J connectivity index is 1.51. The maximum atomic E-state index is 13.8. The monoisotopic (exact) mass is 485 g/mol. The summed E-state index contributed by atoms with van der Waals surface area (Å²) in [7, 11) is 2.17. The fraction of sp³-hybridized carbons (Fsp3) is 0.414. The van der Waals surface area contributed by atoms with Gasteiger partial charge in [-0.2, -0.15) is 5.26 Å². The quantitative estimate of drug-likeness (QED) is 0.497. The van der Waals surface area contributed by atoms with E-state index in [1.807, 2.05) is 19.1 Å². The second-order valence-corrected chi connectivity index (χ2v) is 9.88. The van der Waals surface area contributed by atoms with E-state index in [1.165, 1.54) is 17.7 Å². The Morgan fingerprint density at radius 1 is 1.22 bits per heavy atom. The van der Waals surface area contributed by atoms with Crippen LogP contribution in [0.2, 0.25) is 0 Å². The van der Waals surface area contributed by atoms with E-state index in [9.17, 15) is 9.65 Å². The first-order valence-corrected chi connectivity index (χ1v) is 12.7. The number of halogens is 1. The molecule has 1 saturated heterocycles. The summed E-state index contributed by atoms with van der Waals surface area (Å²) in [6, 6.07) is 15.0. The van der Waals surface area contributed by atoms with Crippen LogP contribution in [0.25, 0.3) is 11.3 Å². The molecule has 3 aromatic rings. The fourth-order valence-electron chi connectivity index (χ4n) is 6.19. The molecular formula is C29H32FN5O. The van der Waals surface area contributed by atoms with Crippen LogP contribution in [-0.2, 0) is 12.0 Å². The van der Waals surface area contributed by atoms with Crippen LogP contribution in [0.15, 0.2) is 48.7 Å². The molecule has 0 saturated carbocycles. The second-order valence-electron chi connectivity index (χ2n) is 9.88. The SMILES string of the molecule is CCOc1ncccc1-c1ccc2c(n1)CN(C)CC21CCN(c2ccc(F)cc2C#N)CC1CC. The number of pyridine rings is 2. The van der Waals surface area contributed by atoms with Crippen LogP contribution >= 0.6 is 0 Å². The van der Waals surface area contributed by atoms with Crippen molar-refractivity contribution in [1.82, 2.24) is 14.9 Å². The van der Waals surface area contributed by atoms with Crippen LogP contribution < -0.4 is 9.64 Å². The zero-order chi connectivity index (χ0) is 25.3. The van der Waals surface area contributed by atoms with Crippen LogP contribution in [0, 0.1) is 23.1 Å². The van der Waals surface area contributed by atoms with Gasteiger partial charge in [-0.25, -0.2) is 9.37 Å². The van der Waals surface area contributed by atoms with Gasteiger partial charge in [0.1, 0.15) is 11.9 Å². The first kappa shape index (κ1) is 24.2. The van der Waals surface area contributed by atoms with Crippen LogP contribution in [0.4, 0.5) is 10.1 Å². The van der Waals surface area contributed by atoms with Gasteiger partial charge in [0.2, 0.25) is 5.88 Å². The lowest BCUT2D eigenvalue weighted by Gasteiger charge is -2.53. The lowest BCUT2D eigenvalue weighted by Crippen LogP contribution is -2.57. The van der Waals surface area contributed by atoms with Crippen molar-refractivity contribution < 1.29 is 9.13 Å². The number of nitrogens with zero attached hydrogens (tertiary/aromatic N) is 5. The smallest absolute Gasteiger partial charge is 0.222 e. The molecule has 6 nitrogen and oxygen atoms in total. The topological polar surface area (TPSA) is 65.3 Å². The van der Waals surface area contributed by atoms with Crippen molar-refractivity contribution in [2.75, 3.05) is 38.2 Å². The minimum absolute atomic E-state index is 0.0242. The number of nitriles is 1. The molecule has 1 aromatic carbocycles. The van der Waals surface area contributed by atoms with Gasteiger partial charge in [-0.3, -0.25) is 9.88 Å². The van der Waals surface area contributed by atoms with E-state index < -0.39 is 0 Å². The van der Waals surface area contributed by atoms with E-state index in [0.29, 0.717) is 24.0 Å². The van der Waals surface area contributed by atoms with Gasteiger partial charge in [0.15, 0.2) is 0 Å². The number of benzene rings is 1. The number of fused-ring (bicyclic) bond motifs is 2. The highest BCUT2D eigenvalue weighted by Gasteiger charge is 2.48. The molecule has 0 bridgehead atoms. The summed E-state index contributed by atoms with van der Waals surface area (Å²) in [6.07, 6.45) is 3.70. The Morgan fingerprint density at radius 3 is 2.86 bits per heavy atom. The third-order valence-electron chi connectivity index (χ3n) is 7.77. The number of anilines is 1. The van der Waals surface area contributed by atoms with Crippen molar-refractivity contribution in [2.45, 2.75) is 38.6 Å². The van der Waals surface area contributed by atoms with Crippen LogP contribution in [-0.4, -0.2) is 48.2 Å². The third kappa shape index (κ3) is 4.20. The molecule has 4 heterocycles. The Morgan fingerprint density at radius 2 is 2.08 bits per heavy atom. The Kier molecular flexibility index (Phi) is 6.63. The summed E-state index contributed by atoms with van der Waals surface area (Å²) in [6.45, 7) is 8.15. The van der Waals surface area contributed by atoms with Gasteiger partial charge in [0.05, 0.1) is 34.8 Å². The Bertz CT molecular complexity index is 1310. The molecule has 0 aliphatic carbocycles.